The quantitative estimate of drug-likeness (QED) is 0.465. The smallest absolute Gasteiger partial charge is 0.408 e. The number of hydrogen-bond acceptors (Lipinski definition) is 5. The molecule has 0 aliphatic carbocycles. The summed E-state index contributed by atoms with van der Waals surface area (Å²) in [6.07, 6.45) is -1.71. The number of rotatable bonds is 10. The molecule has 0 saturated carbocycles. The fourth-order valence-electron chi connectivity index (χ4n) is 3.17. The van der Waals surface area contributed by atoms with E-state index in [1.165, 1.54) is 0 Å². The maximum atomic E-state index is 12.8. The van der Waals surface area contributed by atoms with Gasteiger partial charge in [0.2, 0.25) is 0 Å². The number of hydrogen-bond donors (Lipinski definition) is 1. The second-order valence-corrected chi connectivity index (χ2v) is 7.06. The van der Waals surface area contributed by atoms with E-state index in [1.807, 2.05) is 91.0 Å². The van der Waals surface area contributed by atoms with Crippen LogP contribution >= 0.6 is 0 Å². The number of carbonyl (C=O) groups is 2. The molecule has 1 amide bonds. The summed E-state index contributed by atoms with van der Waals surface area (Å²) < 4.78 is 16.6. The summed E-state index contributed by atoms with van der Waals surface area (Å²) >= 11 is 0. The van der Waals surface area contributed by atoms with Crippen LogP contribution in [0, 0.1) is 0 Å². The molecule has 0 spiro atoms. The van der Waals surface area contributed by atoms with Crippen LogP contribution in [0.5, 0.6) is 0 Å². The third-order valence-electron chi connectivity index (χ3n) is 4.74. The molecule has 3 aromatic rings. The molecule has 3 aromatic carbocycles. The molecular weight excluding hydrogens is 406 g/mol. The summed E-state index contributed by atoms with van der Waals surface area (Å²) in [6, 6.07) is 27.2. The Kier molecular flexibility index (Phi) is 8.83. The predicted octanol–water partition coefficient (Wildman–Crippen LogP) is 4.80. The highest BCUT2D eigenvalue weighted by Gasteiger charge is 2.33. The van der Waals surface area contributed by atoms with Gasteiger partial charge >= 0.3 is 12.1 Å². The van der Waals surface area contributed by atoms with Crippen molar-refractivity contribution in [2.75, 3.05) is 6.61 Å². The van der Waals surface area contributed by atoms with E-state index in [2.05, 4.69) is 5.32 Å². The van der Waals surface area contributed by atoms with Crippen LogP contribution in [0.4, 0.5) is 4.79 Å². The average Bonchev–Trinajstić information content (AvgIpc) is 2.84. The second-order valence-electron chi connectivity index (χ2n) is 7.06. The Hall–Kier alpha value is -3.64. The first-order valence-electron chi connectivity index (χ1n) is 10.5. The molecule has 166 valence electrons. The Labute approximate surface area is 188 Å². The number of ether oxygens (including phenoxy) is 3. The van der Waals surface area contributed by atoms with Crippen molar-refractivity contribution < 1.29 is 23.8 Å². The fraction of sp³-hybridized carbons (Fsp3) is 0.231. The molecule has 0 fully saturated rings. The zero-order valence-electron chi connectivity index (χ0n) is 18.0. The molecule has 6 nitrogen and oxygen atoms in total. The van der Waals surface area contributed by atoms with Crippen molar-refractivity contribution in [3.8, 4) is 0 Å². The third-order valence-corrected chi connectivity index (χ3v) is 4.74. The van der Waals surface area contributed by atoms with E-state index in [9.17, 15) is 9.59 Å². The normalized spacial score (nSPS) is 12.4. The minimum absolute atomic E-state index is 0.114. The van der Waals surface area contributed by atoms with E-state index in [0.29, 0.717) is 5.56 Å². The van der Waals surface area contributed by atoms with Crippen LogP contribution in [-0.2, 0) is 32.2 Å². The minimum Gasteiger partial charge on any atom is -0.464 e. The number of esters is 1. The van der Waals surface area contributed by atoms with E-state index >= 15 is 0 Å². The molecule has 2 unspecified atom stereocenters. The fourth-order valence-corrected chi connectivity index (χ4v) is 3.17. The molecule has 0 heterocycles. The van der Waals surface area contributed by atoms with Crippen LogP contribution in [0.2, 0.25) is 0 Å². The molecule has 0 bridgehead atoms. The summed E-state index contributed by atoms with van der Waals surface area (Å²) in [6.45, 7) is 2.23. The van der Waals surface area contributed by atoms with E-state index in [4.69, 9.17) is 14.2 Å². The molecule has 0 aliphatic rings. The molecular formula is C26H27NO5. The lowest BCUT2D eigenvalue weighted by Crippen LogP contribution is -2.43. The largest absolute Gasteiger partial charge is 0.464 e. The molecule has 32 heavy (non-hydrogen) atoms. The second kappa shape index (κ2) is 12.3. The molecule has 0 aliphatic heterocycles. The maximum absolute atomic E-state index is 12.8. The highest BCUT2D eigenvalue weighted by atomic mass is 16.6. The van der Waals surface area contributed by atoms with Gasteiger partial charge in [-0.25, -0.2) is 9.59 Å². The number of carbonyl (C=O) groups excluding carboxylic acids is 2. The van der Waals surface area contributed by atoms with E-state index in [0.717, 1.165) is 11.1 Å². The van der Waals surface area contributed by atoms with E-state index in [1.54, 1.807) is 6.92 Å². The lowest BCUT2D eigenvalue weighted by atomic mass is 10.0. The van der Waals surface area contributed by atoms with Crippen molar-refractivity contribution >= 4 is 12.1 Å². The number of amides is 1. The zero-order valence-corrected chi connectivity index (χ0v) is 18.0. The predicted molar refractivity (Wildman–Crippen MR) is 121 cm³/mol. The summed E-state index contributed by atoms with van der Waals surface area (Å²) in [5.74, 6) is -0.555. The first-order valence-corrected chi connectivity index (χ1v) is 10.5. The Balaban J connectivity index is 1.77. The van der Waals surface area contributed by atoms with E-state index < -0.39 is 24.2 Å². The van der Waals surface area contributed by atoms with Crippen LogP contribution in [0.15, 0.2) is 91.0 Å². The monoisotopic (exact) mass is 433 g/mol. The number of alkyl carbamates (subject to hydrolysis) is 1. The van der Waals surface area contributed by atoms with Crippen LogP contribution in [-0.4, -0.2) is 24.8 Å². The molecule has 1 N–H and O–H groups in total. The molecule has 2 atom stereocenters. The van der Waals surface area contributed by atoms with Gasteiger partial charge in [0.25, 0.3) is 0 Å². The molecule has 3 rings (SSSR count). The van der Waals surface area contributed by atoms with Gasteiger partial charge in [-0.3, -0.25) is 0 Å². The lowest BCUT2D eigenvalue weighted by Gasteiger charge is -2.27. The summed E-state index contributed by atoms with van der Waals surface area (Å²) in [5, 5.41) is 2.79. The van der Waals surface area contributed by atoms with Gasteiger partial charge in [0.05, 0.1) is 19.3 Å². The first-order chi connectivity index (χ1) is 15.7. The summed E-state index contributed by atoms with van der Waals surface area (Å²) in [5.41, 5.74) is 2.47. The van der Waals surface area contributed by atoms with Gasteiger partial charge in [-0.2, -0.15) is 0 Å². The van der Waals surface area contributed by atoms with Gasteiger partial charge < -0.3 is 19.5 Å². The Morgan fingerprint density at radius 2 is 1.28 bits per heavy atom. The van der Waals surface area contributed by atoms with Gasteiger partial charge in [-0.05, 0) is 23.6 Å². The van der Waals surface area contributed by atoms with Crippen molar-refractivity contribution in [2.24, 2.45) is 0 Å². The first kappa shape index (κ1) is 23.0. The van der Waals surface area contributed by atoms with Gasteiger partial charge in [0.15, 0.2) is 6.10 Å². The van der Waals surface area contributed by atoms with Crippen molar-refractivity contribution in [2.45, 2.75) is 32.3 Å². The summed E-state index contributed by atoms with van der Waals surface area (Å²) in [7, 11) is 0. The van der Waals surface area contributed by atoms with Gasteiger partial charge in [0.1, 0.15) is 6.61 Å². The van der Waals surface area contributed by atoms with Crippen LogP contribution in [0.1, 0.15) is 29.7 Å². The Bertz CT molecular complexity index is 963. The van der Waals surface area contributed by atoms with Crippen molar-refractivity contribution in [1.82, 2.24) is 5.32 Å². The highest BCUT2D eigenvalue weighted by Crippen LogP contribution is 2.22. The van der Waals surface area contributed by atoms with Crippen LogP contribution in [0.25, 0.3) is 0 Å². The van der Waals surface area contributed by atoms with Gasteiger partial charge in [-0.15, -0.1) is 0 Å². The summed E-state index contributed by atoms with van der Waals surface area (Å²) in [4.78, 5) is 25.4. The Morgan fingerprint density at radius 3 is 1.84 bits per heavy atom. The SMILES string of the molecule is CCOC(=O)C(OCc1ccccc1)C(NC(=O)OCc1ccccc1)c1ccccc1. The molecule has 0 aromatic heterocycles. The van der Waals surface area contributed by atoms with Crippen molar-refractivity contribution in [1.29, 1.82) is 0 Å². The zero-order chi connectivity index (χ0) is 22.6. The minimum atomic E-state index is -1.05. The third kappa shape index (κ3) is 6.96. The van der Waals surface area contributed by atoms with Gasteiger partial charge in [-0.1, -0.05) is 91.0 Å². The highest BCUT2D eigenvalue weighted by molar-refractivity contribution is 5.78. The van der Waals surface area contributed by atoms with Crippen LogP contribution in [0.3, 0.4) is 0 Å². The standard InChI is InChI=1S/C26H27NO5/c1-2-30-25(28)24(31-18-20-12-6-3-7-13-20)23(22-16-10-5-11-17-22)27-26(29)32-19-21-14-8-4-9-15-21/h3-17,23-24H,2,18-19H2,1H3,(H,27,29). The van der Waals surface area contributed by atoms with Crippen LogP contribution < -0.4 is 5.32 Å². The molecule has 6 heteroatoms. The van der Waals surface area contributed by atoms with Crippen molar-refractivity contribution in [3.63, 3.8) is 0 Å². The lowest BCUT2D eigenvalue weighted by molar-refractivity contribution is -0.160. The van der Waals surface area contributed by atoms with Gasteiger partial charge in [0, 0.05) is 0 Å². The molecule has 0 radical (unpaired) electrons. The van der Waals surface area contributed by atoms with Crippen molar-refractivity contribution in [3.05, 3.63) is 108 Å². The van der Waals surface area contributed by atoms with E-state index in [-0.39, 0.29) is 19.8 Å². The maximum Gasteiger partial charge on any atom is 0.408 e. The number of benzene rings is 3. The Morgan fingerprint density at radius 1 is 0.750 bits per heavy atom. The topological polar surface area (TPSA) is 73.9 Å². The average molecular weight is 434 g/mol. The molecule has 0 saturated heterocycles. The number of nitrogens with one attached hydrogen (secondary N) is 1.